The molecule has 7 nitrogen and oxygen atoms in total. The second-order valence-corrected chi connectivity index (χ2v) is 5.34. The zero-order chi connectivity index (χ0) is 15.0. The Bertz CT molecular complexity index is 647. The van der Waals surface area contributed by atoms with Gasteiger partial charge in [-0.25, -0.2) is 0 Å². The SMILES string of the molecule is Cc1nn(C)c(C)c1[C@H]1OCC[C@@H]1NC(=O)c1ccn[nH]1. The molecule has 0 aliphatic carbocycles. The van der Waals surface area contributed by atoms with Crippen LogP contribution in [0.5, 0.6) is 0 Å². The fraction of sp³-hybridized carbons (Fsp3) is 0.500. The predicted octanol–water partition coefficient (Wildman–Crippen LogP) is 1.02. The summed E-state index contributed by atoms with van der Waals surface area (Å²) >= 11 is 0. The molecule has 2 N–H and O–H groups in total. The number of H-pyrrole nitrogens is 1. The summed E-state index contributed by atoms with van der Waals surface area (Å²) < 4.78 is 7.70. The number of hydrogen-bond acceptors (Lipinski definition) is 4. The van der Waals surface area contributed by atoms with E-state index in [0.717, 1.165) is 23.4 Å². The molecule has 0 unspecified atom stereocenters. The molecule has 7 heteroatoms. The van der Waals surface area contributed by atoms with Crippen molar-refractivity contribution in [3.05, 3.63) is 34.9 Å². The highest BCUT2D eigenvalue weighted by Crippen LogP contribution is 2.33. The Morgan fingerprint density at radius 1 is 1.52 bits per heavy atom. The minimum absolute atomic E-state index is 0.0533. The monoisotopic (exact) mass is 289 g/mol. The van der Waals surface area contributed by atoms with Gasteiger partial charge in [-0.15, -0.1) is 0 Å². The number of aromatic nitrogens is 4. The topological polar surface area (TPSA) is 84.8 Å². The Labute approximate surface area is 122 Å². The fourth-order valence-corrected chi connectivity index (χ4v) is 2.85. The number of carbonyl (C=O) groups excluding carboxylic acids is 1. The Kier molecular flexibility index (Phi) is 3.50. The van der Waals surface area contributed by atoms with E-state index in [-0.39, 0.29) is 18.1 Å². The van der Waals surface area contributed by atoms with Crippen molar-refractivity contribution in [1.29, 1.82) is 0 Å². The van der Waals surface area contributed by atoms with Gasteiger partial charge in [0.1, 0.15) is 11.8 Å². The molecule has 3 rings (SSSR count). The van der Waals surface area contributed by atoms with Gasteiger partial charge in [0.05, 0.1) is 11.7 Å². The van der Waals surface area contributed by atoms with Gasteiger partial charge >= 0.3 is 0 Å². The molecule has 2 aromatic rings. The highest BCUT2D eigenvalue weighted by atomic mass is 16.5. The smallest absolute Gasteiger partial charge is 0.269 e. The number of ether oxygens (including phenoxy) is 1. The molecule has 2 aromatic heterocycles. The lowest BCUT2D eigenvalue weighted by Gasteiger charge is -2.20. The van der Waals surface area contributed by atoms with E-state index in [0.29, 0.717) is 12.3 Å². The van der Waals surface area contributed by atoms with E-state index in [1.54, 1.807) is 12.3 Å². The molecule has 0 spiro atoms. The maximum absolute atomic E-state index is 12.2. The standard InChI is InChI=1S/C14H19N5O2/c1-8-12(9(2)19(3)18-8)13-10(5-7-21-13)16-14(20)11-4-6-15-17-11/h4,6,10,13H,5,7H2,1-3H3,(H,15,17)(H,16,20)/t10-,13-/m0/s1. The molecule has 3 heterocycles. The number of hydrogen-bond donors (Lipinski definition) is 2. The van der Waals surface area contributed by atoms with Gasteiger partial charge in [-0.05, 0) is 26.3 Å². The van der Waals surface area contributed by atoms with E-state index in [1.165, 1.54) is 0 Å². The van der Waals surface area contributed by atoms with Gasteiger partial charge in [-0.2, -0.15) is 10.2 Å². The van der Waals surface area contributed by atoms with Crippen LogP contribution in [0.3, 0.4) is 0 Å². The molecule has 1 aliphatic heterocycles. The fourth-order valence-electron chi connectivity index (χ4n) is 2.85. The Morgan fingerprint density at radius 2 is 2.33 bits per heavy atom. The summed E-state index contributed by atoms with van der Waals surface area (Å²) in [6.45, 7) is 4.62. The van der Waals surface area contributed by atoms with Gasteiger partial charge in [0.15, 0.2) is 0 Å². The van der Waals surface area contributed by atoms with Crippen molar-refractivity contribution in [1.82, 2.24) is 25.3 Å². The van der Waals surface area contributed by atoms with Crippen LogP contribution in [0.1, 0.15) is 40.0 Å². The van der Waals surface area contributed by atoms with E-state index in [2.05, 4.69) is 20.6 Å². The van der Waals surface area contributed by atoms with Crippen molar-refractivity contribution in [3.8, 4) is 0 Å². The number of rotatable bonds is 3. The number of aryl methyl sites for hydroxylation is 2. The first-order valence-electron chi connectivity index (χ1n) is 7.00. The van der Waals surface area contributed by atoms with E-state index in [9.17, 15) is 4.79 Å². The molecule has 0 aromatic carbocycles. The van der Waals surface area contributed by atoms with E-state index in [1.807, 2.05) is 25.6 Å². The predicted molar refractivity (Wildman–Crippen MR) is 75.8 cm³/mol. The van der Waals surface area contributed by atoms with E-state index < -0.39 is 0 Å². The second-order valence-electron chi connectivity index (χ2n) is 5.34. The van der Waals surface area contributed by atoms with Crippen molar-refractivity contribution in [2.24, 2.45) is 7.05 Å². The molecule has 0 radical (unpaired) electrons. The van der Waals surface area contributed by atoms with Crippen LogP contribution in [0.25, 0.3) is 0 Å². The lowest BCUT2D eigenvalue weighted by atomic mass is 10.00. The first-order valence-corrected chi connectivity index (χ1v) is 7.00. The van der Waals surface area contributed by atoms with Crippen molar-refractivity contribution < 1.29 is 9.53 Å². The highest BCUT2D eigenvalue weighted by molar-refractivity contribution is 5.92. The molecule has 1 aliphatic rings. The Morgan fingerprint density at radius 3 is 2.95 bits per heavy atom. The van der Waals surface area contributed by atoms with Gasteiger partial charge in [0, 0.05) is 31.1 Å². The van der Waals surface area contributed by atoms with Crippen LogP contribution in [0.2, 0.25) is 0 Å². The summed E-state index contributed by atoms with van der Waals surface area (Å²) in [5, 5.41) is 13.9. The molecular weight excluding hydrogens is 270 g/mol. The molecule has 112 valence electrons. The van der Waals surface area contributed by atoms with Gasteiger partial charge in [-0.3, -0.25) is 14.6 Å². The minimum Gasteiger partial charge on any atom is -0.371 e. The largest absolute Gasteiger partial charge is 0.371 e. The number of carbonyl (C=O) groups is 1. The van der Waals surface area contributed by atoms with Gasteiger partial charge in [0.25, 0.3) is 5.91 Å². The average Bonchev–Trinajstić information content (AvgIpc) is 3.14. The molecule has 1 amide bonds. The molecule has 2 atom stereocenters. The maximum atomic E-state index is 12.2. The Balaban J connectivity index is 1.81. The molecule has 0 bridgehead atoms. The molecule has 1 fully saturated rings. The summed E-state index contributed by atoms with van der Waals surface area (Å²) in [6.07, 6.45) is 2.20. The van der Waals surface area contributed by atoms with Gasteiger partial charge < -0.3 is 10.1 Å². The lowest BCUT2D eigenvalue weighted by molar-refractivity contribution is 0.0813. The summed E-state index contributed by atoms with van der Waals surface area (Å²) in [4.78, 5) is 12.2. The summed E-state index contributed by atoms with van der Waals surface area (Å²) in [5.41, 5.74) is 3.55. The molecule has 0 saturated carbocycles. The number of aromatic amines is 1. The van der Waals surface area contributed by atoms with Crippen LogP contribution in [0, 0.1) is 13.8 Å². The van der Waals surface area contributed by atoms with E-state index in [4.69, 9.17) is 4.74 Å². The zero-order valence-electron chi connectivity index (χ0n) is 12.4. The number of nitrogens with zero attached hydrogens (tertiary/aromatic N) is 3. The molecule has 1 saturated heterocycles. The first kappa shape index (κ1) is 13.8. The normalized spacial score (nSPS) is 21.7. The quantitative estimate of drug-likeness (QED) is 0.883. The van der Waals surface area contributed by atoms with Crippen LogP contribution >= 0.6 is 0 Å². The van der Waals surface area contributed by atoms with Crippen molar-refractivity contribution in [3.63, 3.8) is 0 Å². The molecule has 21 heavy (non-hydrogen) atoms. The van der Waals surface area contributed by atoms with Crippen molar-refractivity contribution >= 4 is 5.91 Å². The van der Waals surface area contributed by atoms with E-state index >= 15 is 0 Å². The van der Waals surface area contributed by atoms with Crippen molar-refractivity contribution in [2.45, 2.75) is 32.4 Å². The third kappa shape index (κ3) is 2.44. The van der Waals surface area contributed by atoms with Crippen LogP contribution in [0.15, 0.2) is 12.3 Å². The van der Waals surface area contributed by atoms with Gasteiger partial charge in [-0.1, -0.05) is 0 Å². The number of nitrogens with one attached hydrogen (secondary N) is 2. The zero-order valence-corrected chi connectivity index (χ0v) is 12.4. The van der Waals surface area contributed by atoms with Crippen molar-refractivity contribution in [2.75, 3.05) is 6.61 Å². The third-order valence-electron chi connectivity index (χ3n) is 4.00. The average molecular weight is 289 g/mol. The summed E-state index contributed by atoms with van der Waals surface area (Å²) in [5.74, 6) is -0.160. The van der Waals surface area contributed by atoms with Crippen LogP contribution in [0.4, 0.5) is 0 Å². The lowest BCUT2D eigenvalue weighted by Crippen LogP contribution is -2.37. The minimum atomic E-state index is -0.160. The van der Waals surface area contributed by atoms with Crippen LogP contribution in [-0.2, 0) is 11.8 Å². The third-order valence-corrected chi connectivity index (χ3v) is 4.00. The maximum Gasteiger partial charge on any atom is 0.269 e. The number of amides is 1. The Hall–Kier alpha value is -2.15. The van der Waals surface area contributed by atoms with Gasteiger partial charge in [0.2, 0.25) is 0 Å². The highest BCUT2D eigenvalue weighted by Gasteiger charge is 2.34. The molecular formula is C14H19N5O2. The van der Waals surface area contributed by atoms with Crippen LogP contribution in [-0.4, -0.2) is 38.5 Å². The summed E-state index contributed by atoms with van der Waals surface area (Å²) in [7, 11) is 1.92. The first-order chi connectivity index (χ1) is 10.1. The van der Waals surface area contributed by atoms with Crippen LogP contribution < -0.4 is 5.32 Å². The summed E-state index contributed by atoms with van der Waals surface area (Å²) in [6, 6.07) is 1.60. The second kappa shape index (κ2) is 5.33.